The van der Waals surface area contributed by atoms with Crippen molar-refractivity contribution in [1.82, 2.24) is 15.1 Å². The molecule has 1 unspecified atom stereocenters. The minimum Gasteiger partial charge on any atom is -0.494 e. The number of hydrogen-bond acceptors (Lipinski definition) is 4. The van der Waals surface area contributed by atoms with Gasteiger partial charge in [0.2, 0.25) is 0 Å². The summed E-state index contributed by atoms with van der Waals surface area (Å²) in [6, 6.07) is 15.8. The van der Waals surface area contributed by atoms with E-state index in [1.807, 2.05) is 30.3 Å². The number of nitrogens with one attached hydrogen (secondary N) is 1. The molecule has 0 fully saturated rings. The molecular weight excluding hydrogens is 318 g/mol. The van der Waals surface area contributed by atoms with Gasteiger partial charge in [-0.05, 0) is 29.8 Å². The van der Waals surface area contributed by atoms with Crippen molar-refractivity contribution in [1.29, 1.82) is 0 Å². The van der Waals surface area contributed by atoms with Gasteiger partial charge in [-0.15, -0.1) is 0 Å². The lowest BCUT2D eigenvalue weighted by atomic mass is 10.1. The Balaban J connectivity index is 1.86. The molecule has 0 aliphatic rings. The third-order valence-electron chi connectivity index (χ3n) is 3.88. The van der Waals surface area contributed by atoms with Crippen LogP contribution in [0.15, 0.2) is 67.0 Å². The Kier molecular flexibility index (Phi) is 5.11. The van der Waals surface area contributed by atoms with Crippen molar-refractivity contribution in [2.24, 2.45) is 0 Å². The van der Waals surface area contributed by atoms with Gasteiger partial charge in [0.15, 0.2) is 0 Å². The molecule has 1 heterocycles. The predicted octanol–water partition coefficient (Wildman–Crippen LogP) is 2.34. The molecular formula is C19H19N3O3. The van der Waals surface area contributed by atoms with Crippen LogP contribution in [0.5, 0.6) is 5.75 Å². The van der Waals surface area contributed by atoms with Crippen molar-refractivity contribution in [2.75, 3.05) is 13.7 Å². The largest absolute Gasteiger partial charge is 0.494 e. The molecule has 1 amide bonds. The van der Waals surface area contributed by atoms with Gasteiger partial charge in [0.1, 0.15) is 11.4 Å². The molecule has 1 atom stereocenters. The maximum absolute atomic E-state index is 12.6. The first-order valence-electron chi connectivity index (χ1n) is 7.87. The molecule has 6 heteroatoms. The van der Waals surface area contributed by atoms with Crippen molar-refractivity contribution in [3.05, 3.63) is 78.1 Å². The number of benzene rings is 2. The monoisotopic (exact) mass is 337 g/mol. The number of amides is 1. The second-order valence-electron chi connectivity index (χ2n) is 5.46. The van der Waals surface area contributed by atoms with Gasteiger partial charge in [0.05, 0.1) is 19.8 Å². The predicted molar refractivity (Wildman–Crippen MR) is 93.9 cm³/mol. The molecule has 0 saturated carbocycles. The quantitative estimate of drug-likeness (QED) is 0.724. The second kappa shape index (κ2) is 7.63. The third kappa shape index (κ3) is 3.70. The van der Waals surface area contributed by atoms with E-state index in [-0.39, 0.29) is 12.5 Å². The lowest BCUT2D eigenvalue weighted by Gasteiger charge is -2.17. The second-order valence-corrected chi connectivity index (χ2v) is 5.46. The van der Waals surface area contributed by atoms with Gasteiger partial charge >= 0.3 is 0 Å². The molecule has 0 radical (unpaired) electrons. The van der Waals surface area contributed by atoms with Crippen LogP contribution in [0, 0.1) is 0 Å². The lowest BCUT2D eigenvalue weighted by molar-refractivity contribution is 0.0916. The number of ether oxygens (including phenoxy) is 1. The van der Waals surface area contributed by atoms with Crippen molar-refractivity contribution >= 4 is 5.91 Å². The molecule has 0 spiro atoms. The number of methoxy groups -OCH3 is 1. The summed E-state index contributed by atoms with van der Waals surface area (Å²) in [6.07, 6.45) is 3.43. The number of aliphatic hydroxyl groups excluding tert-OH is 1. The summed E-state index contributed by atoms with van der Waals surface area (Å²) in [5.74, 6) is 0.334. The molecule has 3 aromatic rings. The molecule has 1 aromatic heterocycles. The Morgan fingerprint density at radius 2 is 2.04 bits per heavy atom. The molecule has 3 rings (SSSR count). The summed E-state index contributed by atoms with van der Waals surface area (Å²) in [5, 5.41) is 16.6. The number of rotatable bonds is 6. The lowest BCUT2D eigenvalue weighted by Crippen LogP contribution is -2.30. The number of nitrogens with zero attached hydrogens (tertiary/aromatic N) is 2. The molecule has 128 valence electrons. The highest BCUT2D eigenvalue weighted by molar-refractivity contribution is 5.95. The summed E-state index contributed by atoms with van der Waals surface area (Å²) in [6.45, 7) is -0.183. The van der Waals surface area contributed by atoms with E-state index in [0.717, 1.165) is 5.56 Å². The first kappa shape index (κ1) is 16.7. The fourth-order valence-electron chi connectivity index (χ4n) is 2.58. The maximum Gasteiger partial charge on any atom is 0.251 e. The van der Waals surface area contributed by atoms with Gasteiger partial charge in [0.25, 0.3) is 5.91 Å². The first-order chi connectivity index (χ1) is 12.2. The number of carbonyl (C=O) groups excluding carboxylic acids is 1. The van der Waals surface area contributed by atoms with Crippen LogP contribution >= 0.6 is 0 Å². The summed E-state index contributed by atoms with van der Waals surface area (Å²) in [5.41, 5.74) is 1.97. The zero-order valence-corrected chi connectivity index (χ0v) is 13.8. The van der Waals surface area contributed by atoms with Crippen LogP contribution < -0.4 is 10.1 Å². The van der Waals surface area contributed by atoms with Crippen molar-refractivity contribution in [3.63, 3.8) is 0 Å². The van der Waals surface area contributed by atoms with Crippen molar-refractivity contribution in [2.45, 2.75) is 6.04 Å². The van der Waals surface area contributed by atoms with E-state index in [1.54, 1.807) is 48.5 Å². The van der Waals surface area contributed by atoms with Crippen LogP contribution in [-0.4, -0.2) is 34.5 Å². The fourth-order valence-corrected chi connectivity index (χ4v) is 2.58. The van der Waals surface area contributed by atoms with Crippen LogP contribution in [0.4, 0.5) is 0 Å². The van der Waals surface area contributed by atoms with Crippen LogP contribution in [0.25, 0.3) is 5.69 Å². The number of aliphatic hydroxyl groups is 1. The van der Waals surface area contributed by atoms with E-state index in [4.69, 9.17) is 4.74 Å². The van der Waals surface area contributed by atoms with E-state index >= 15 is 0 Å². The SMILES string of the molecule is COc1ccc(C(=O)NC(CO)c2ccccc2)cc1-n1cccn1. The molecule has 0 bridgehead atoms. The fraction of sp³-hybridized carbons (Fsp3) is 0.158. The molecule has 2 N–H and O–H groups in total. The Hall–Kier alpha value is -3.12. The zero-order chi connectivity index (χ0) is 17.6. The Bertz CT molecular complexity index is 832. The van der Waals surface area contributed by atoms with Gasteiger partial charge in [-0.2, -0.15) is 5.10 Å². The topological polar surface area (TPSA) is 76.4 Å². The normalized spacial score (nSPS) is 11.8. The van der Waals surface area contributed by atoms with Gasteiger partial charge in [0, 0.05) is 18.0 Å². The molecule has 0 aliphatic carbocycles. The number of aromatic nitrogens is 2. The van der Waals surface area contributed by atoms with Gasteiger partial charge in [-0.1, -0.05) is 30.3 Å². The van der Waals surface area contributed by atoms with Crippen LogP contribution in [0.1, 0.15) is 22.0 Å². The van der Waals surface area contributed by atoms with Crippen molar-refractivity contribution < 1.29 is 14.6 Å². The van der Waals surface area contributed by atoms with E-state index in [9.17, 15) is 9.90 Å². The standard InChI is InChI=1S/C19H19N3O3/c1-25-18-9-8-15(12-17(18)22-11-5-10-20-22)19(24)21-16(13-23)14-6-3-2-4-7-14/h2-12,16,23H,13H2,1H3,(H,21,24). The van der Waals surface area contributed by atoms with Gasteiger partial charge < -0.3 is 15.2 Å². The van der Waals surface area contributed by atoms with E-state index in [1.165, 1.54) is 0 Å². The summed E-state index contributed by atoms with van der Waals surface area (Å²) in [7, 11) is 1.57. The van der Waals surface area contributed by atoms with Crippen molar-refractivity contribution in [3.8, 4) is 11.4 Å². The minimum atomic E-state index is -0.469. The van der Waals surface area contributed by atoms with Gasteiger partial charge in [-0.3, -0.25) is 4.79 Å². The highest BCUT2D eigenvalue weighted by atomic mass is 16.5. The maximum atomic E-state index is 12.6. The third-order valence-corrected chi connectivity index (χ3v) is 3.88. The summed E-state index contributed by atoms with van der Waals surface area (Å²) in [4.78, 5) is 12.6. The summed E-state index contributed by atoms with van der Waals surface area (Å²) < 4.78 is 6.98. The molecule has 2 aromatic carbocycles. The minimum absolute atomic E-state index is 0.183. The molecule has 25 heavy (non-hydrogen) atoms. The average Bonchev–Trinajstić information content (AvgIpc) is 3.20. The average molecular weight is 337 g/mol. The summed E-state index contributed by atoms with van der Waals surface area (Å²) >= 11 is 0. The number of carbonyl (C=O) groups is 1. The highest BCUT2D eigenvalue weighted by Crippen LogP contribution is 2.24. The molecule has 0 saturated heterocycles. The zero-order valence-electron chi connectivity index (χ0n) is 13.8. The van der Waals surface area contributed by atoms with Crippen LogP contribution in [0.3, 0.4) is 0 Å². The Labute approximate surface area is 145 Å². The van der Waals surface area contributed by atoms with Gasteiger partial charge in [-0.25, -0.2) is 4.68 Å². The van der Waals surface area contributed by atoms with E-state index < -0.39 is 6.04 Å². The smallest absolute Gasteiger partial charge is 0.251 e. The Morgan fingerprint density at radius 3 is 2.68 bits per heavy atom. The molecule has 6 nitrogen and oxygen atoms in total. The van der Waals surface area contributed by atoms with E-state index in [0.29, 0.717) is 17.0 Å². The Morgan fingerprint density at radius 1 is 1.24 bits per heavy atom. The molecule has 0 aliphatic heterocycles. The first-order valence-corrected chi connectivity index (χ1v) is 7.87. The highest BCUT2D eigenvalue weighted by Gasteiger charge is 2.17. The van der Waals surface area contributed by atoms with Crippen LogP contribution in [0.2, 0.25) is 0 Å². The van der Waals surface area contributed by atoms with E-state index in [2.05, 4.69) is 10.4 Å². The van der Waals surface area contributed by atoms with Crippen LogP contribution in [-0.2, 0) is 0 Å². The number of hydrogen-bond donors (Lipinski definition) is 2.